The van der Waals surface area contributed by atoms with Crippen LogP contribution in [0.2, 0.25) is 0 Å². The zero-order chi connectivity index (χ0) is 19.7. The van der Waals surface area contributed by atoms with Gasteiger partial charge in [0, 0.05) is 17.5 Å². The molecule has 7 heteroatoms. The van der Waals surface area contributed by atoms with E-state index in [1.807, 2.05) is 43.3 Å². The molecular weight excluding hydrogens is 359 g/mol. The van der Waals surface area contributed by atoms with Gasteiger partial charge in [0.05, 0.1) is 19.2 Å². The first-order valence-electron chi connectivity index (χ1n) is 9.10. The smallest absolute Gasteiger partial charge is 0.197 e. The number of β-amino-alcohol motifs (C(OH)–C–C–N with tert-alkyl or cyclic N) is 1. The average molecular weight is 380 g/mol. The summed E-state index contributed by atoms with van der Waals surface area (Å²) in [4.78, 5) is 5.67. The lowest BCUT2D eigenvalue weighted by Gasteiger charge is -2.26. The van der Waals surface area contributed by atoms with Gasteiger partial charge in [0.1, 0.15) is 11.6 Å². The molecule has 2 atom stereocenters. The number of nitrogens with zero attached hydrogens (tertiary/aromatic N) is 3. The number of benzene rings is 2. The van der Waals surface area contributed by atoms with Crippen molar-refractivity contribution in [2.45, 2.75) is 18.9 Å². The van der Waals surface area contributed by atoms with Gasteiger partial charge < -0.3 is 15.4 Å². The molecule has 1 aliphatic rings. The molecule has 0 saturated carbocycles. The van der Waals surface area contributed by atoms with Crippen LogP contribution in [-0.2, 0) is 0 Å². The van der Waals surface area contributed by atoms with Crippen LogP contribution in [0.25, 0.3) is 11.1 Å². The molecule has 0 amide bonds. The third-order valence-electron chi connectivity index (χ3n) is 4.93. The fourth-order valence-corrected chi connectivity index (χ4v) is 3.28. The number of anilines is 1. The van der Waals surface area contributed by atoms with E-state index in [4.69, 9.17) is 10.3 Å². The Bertz CT molecular complexity index is 1000. The van der Waals surface area contributed by atoms with Crippen molar-refractivity contribution in [3.8, 4) is 11.1 Å². The summed E-state index contributed by atoms with van der Waals surface area (Å²) in [5.41, 5.74) is 8.06. The summed E-state index contributed by atoms with van der Waals surface area (Å²) in [5.74, 6) is 0.855. The van der Waals surface area contributed by atoms with Crippen LogP contribution in [-0.4, -0.2) is 35.4 Å². The van der Waals surface area contributed by atoms with Crippen LogP contribution < -0.4 is 10.6 Å². The van der Waals surface area contributed by atoms with E-state index < -0.39 is 6.10 Å². The fraction of sp³-hybridized carbons (Fsp3) is 0.238. The molecule has 0 bridgehead atoms. The molecule has 0 saturated heterocycles. The van der Waals surface area contributed by atoms with E-state index in [0.29, 0.717) is 23.7 Å². The Morgan fingerprint density at radius 1 is 1.21 bits per heavy atom. The topological polar surface area (TPSA) is 87.9 Å². The van der Waals surface area contributed by atoms with Gasteiger partial charge in [-0.3, -0.25) is 9.89 Å². The average Bonchev–Trinajstić information content (AvgIpc) is 3.20. The van der Waals surface area contributed by atoms with Crippen LogP contribution in [0.5, 0.6) is 0 Å². The van der Waals surface area contributed by atoms with E-state index in [9.17, 15) is 9.50 Å². The van der Waals surface area contributed by atoms with Crippen LogP contribution in [0.4, 0.5) is 10.2 Å². The Hall–Kier alpha value is -3.19. The molecule has 4 rings (SSSR count). The first-order valence-corrected chi connectivity index (χ1v) is 9.10. The third kappa shape index (κ3) is 3.48. The first kappa shape index (κ1) is 18.2. The summed E-state index contributed by atoms with van der Waals surface area (Å²) < 4.78 is 20.2. The molecule has 0 radical (unpaired) electrons. The Morgan fingerprint density at radius 2 is 2.00 bits per heavy atom. The summed E-state index contributed by atoms with van der Waals surface area (Å²) >= 11 is 0. The van der Waals surface area contributed by atoms with Gasteiger partial charge in [-0.2, -0.15) is 0 Å². The van der Waals surface area contributed by atoms with Crippen molar-refractivity contribution in [2.75, 3.05) is 18.0 Å². The number of aliphatic imine (C=N–C) groups is 1. The highest BCUT2D eigenvalue weighted by atomic mass is 19.1. The second-order valence-electron chi connectivity index (χ2n) is 6.88. The predicted octanol–water partition coefficient (Wildman–Crippen LogP) is 3.13. The Kier molecular flexibility index (Phi) is 4.83. The fourth-order valence-electron chi connectivity index (χ4n) is 3.28. The molecule has 2 heterocycles. The molecule has 3 aromatic rings. The largest absolute Gasteiger partial charge is 0.389 e. The van der Waals surface area contributed by atoms with Crippen LogP contribution in [0.1, 0.15) is 24.2 Å². The van der Waals surface area contributed by atoms with Crippen molar-refractivity contribution in [1.82, 2.24) is 5.16 Å². The van der Waals surface area contributed by atoms with Gasteiger partial charge in [-0.25, -0.2) is 4.39 Å². The lowest BCUT2D eigenvalue weighted by atomic mass is 9.95. The number of halogens is 1. The number of aromatic nitrogens is 1. The molecule has 1 aliphatic heterocycles. The number of aliphatic hydroxyl groups excluding tert-OH is 1. The van der Waals surface area contributed by atoms with Gasteiger partial charge in [-0.1, -0.05) is 54.5 Å². The lowest BCUT2D eigenvalue weighted by Crippen LogP contribution is -2.47. The minimum atomic E-state index is -0.607. The van der Waals surface area contributed by atoms with E-state index in [1.165, 1.54) is 6.07 Å². The second kappa shape index (κ2) is 7.44. The van der Waals surface area contributed by atoms with Gasteiger partial charge >= 0.3 is 0 Å². The third-order valence-corrected chi connectivity index (χ3v) is 4.93. The normalized spacial score (nSPS) is 18.0. The standard InChI is InChI=1S/C21H21FN4O2/c1-13(15-7-8-17(18(22)9-15)14-5-3-2-4-6-14)19-10-20(25-28-19)26-12-16(27)11-24-21(26)23/h2-10,13,16,27H,11-12H2,1H3,(H2,23,24). The maximum absolute atomic E-state index is 14.7. The zero-order valence-corrected chi connectivity index (χ0v) is 15.4. The van der Waals surface area contributed by atoms with E-state index in [1.54, 1.807) is 17.0 Å². The quantitative estimate of drug-likeness (QED) is 0.726. The van der Waals surface area contributed by atoms with Crippen molar-refractivity contribution in [1.29, 1.82) is 0 Å². The van der Waals surface area contributed by atoms with Gasteiger partial charge in [-0.05, 0) is 17.2 Å². The predicted molar refractivity (Wildman–Crippen MR) is 106 cm³/mol. The molecule has 1 aromatic heterocycles. The van der Waals surface area contributed by atoms with E-state index in [-0.39, 0.29) is 24.2 Å². The Labute approximate surface area is 162 Å². The minimum absolute atomic E-state index is 0.201. The summed E-state index contributed by atoms with van der Waals surface area (Å²) in [7, 11) is 0. The van der Waals surface area contributed by atoms with E-state index in [2.05, 4.69) is 10.1 Å². The molecule has 3 N–H and O–H groups in total. The van der Waals surface area contributed by atoms with Gasteiger partial charge in [0.2, 0.25) is 0 Å². The molecule has 6 nitrogen and oxygen atoms in total. The zero-order valence-electron chi connectivity index (χ0n) is 15.4. The SMILES string of the molecule is CC(c1ccc(-c2ccccc2)c(F)c1)c1cc(N2CC(O)CN=C2N)no1. The number of rotatable bonds is 4. The molecule has 0 aliphatic carbocycles. The van der Waals surface area contributed by atoms with Gasteiger partial charge in [-0.15, -0.1) is 0 Å². The Morgan fingerprint density at radius 3 is 2.75 bits per heavy atom. The maximum Gasteiger partial charge on any atom is 0.197 e. The molecule has 0 spiro atoms. The van der Waals surface area contributed by atoms with E-state index in [0.717, 1.165) is 11.1 Å². The number of guanidine groups is 1. The maximum atomic E-state index is 14.7. The van der Waals surface area contributed by atoms with Gasteiger partial charge in [0.15, 0.2) is 11.8 Å². The Balaban J connectivity index is 1.58. The number of hydrogen-bond acceptors (Lipinski definition) is 6. The number of hydrogen-bond donors (Lipinski definition) is 2. The van der Waals surface area contributed by atoms with Crippen molar-refractivity contribution < 1.29 is 14.0 Å². The molecular formula is C21H21FN4O2. The van der Waals surface area contributed by atoms with Crippen LogP contribution in [0.15, 0.2) is 64.1 Å². The number of nitrogens with two attached hydrogens (primary N) is 1. The lowest BCUT2D eigenvalue weighted by molar-refractivity contribution is 0.187. The highest BCUT2D eigenvalue weighted by molar-refractivity contribution is 5.94. The highest BCUT2D eigenvalue weighted by Gasteiger charge is 2.25. The first-order chi connectivity index (χ1) is 13.5. The van der Waals surface area contributed by atoms with E-state index >= 15 is 0 Å². The van der Waals surface area contributed by atoms with Crippen LogP contribution >= 0.6 is 0 Å². The summed E-state index contributed by atoms with van der Waals surface area (Å²) in [6, 6.07) is 16.4. The highest BCUT2D eigenvalue weighted by Crippen LogP contribution is 2.31. The van der Waals surface area contributed by atoms with Crippen molar-refractivity contribution in [3.05, 3.63) is 71.7 Å². The summed E-state index contributed by atoms with van der Waals surface area (Å²) in [5, 5.41) is 13.8. The van der Waals surface area contributed by atoms with Crippen molar-refractivity contribution >= 4 is 11.8 Å². The minimum Gasteiger partial charge on any atom is -0.389 e. The monoisotopic (exact) mass is 380 g/mol. The molecule has 0 fully saturated rings. The number of aliphatic hydroxyl groups is 1. The second-order valence-corrected chi connectivity index (χ2v) is 6.88. The molecule has 144 valence electrons. The van der Waals surface area contributed by atoms with Crippen molar-refractivity contribution in [2.24, 2.45) is 10.7 Å². The summed E-state index contributed by atoms with van der Waals surface area (Å²) in [6.07, 6.45) is -0.607. The molecule has 28 heavy (non-hydrogen) atoms. The van der Waals surface area contributed by atoms with Gasteiger partial charge in [0.25, 0.3) is 0 Å². The molecule has 2 unspecified atom stereocenters. The van der Waals surface area contributed by atoms with Crippen molar-refractivity contribution in [3.63, 3.8) is 0 Å². The summed E-state index contributed by atoms with van der Waals surface area (Å²) in [6.45, 7) is 2.50. The van der Waals surface area contributed by atoms with Crippen LogP contribution in [0, 0.1) is 5.82 Å². The molecule has 2 aromatic carbocycles. The van der Waals surface area contributed by atoms with Crippen LogP contribution in [0.3, 0.4) is 0 Å².